The Morgan fingerprint density at radius 3 is 2.76 bits per heavy atom. The quantitative estimate of drug-likeness (QED) is 0.754. The smallest absolute Gasteiger partial charge is 0.255 e. The molecule has 151 valence electrons. The first-order chi connectivity index (χ1) is 13.9. The summed E-state index contributed by atoms with van der Waals surface area (Å²) in [6.07, 6.45) is 4.34. The lowest BCUT2D eigenvalue weighted by Gasteiger charge is -2.23. The summed E-state index contributed by atoms with van der Waals surface area (Å²) in [4.78, 5) is 28.7. The molecule has 1 unspecified atom stereocenters. The zero-order chi connectivity index (χ0) is 20.6. The van der Waals surface area contributed by atoms with Gasteiger partial charge in [0.25, 0.3) is 5.91 Å². The lowest BCUT2D eigenvalue weighted by Crippen LogP contribution is -2.37. The van der Waals surface area contributed by atoms with Gasteiger partial charge in [0.15, 0.2) is 0 Å². The summed E-state index contributed by atoms with van der Waals surface area (Å²) in [6.45, 7) is 1.55. The van der Waals surface area contributed by atoms with Crippen molar-refractivity contribution in [2.45, 2.75) is 37.1 Å². The van der Waals surface area contributed by atoms with Crippen LogP contribution in [-0.4, -0.2) is 48.8 Å². The fourth-order valence-electron chi connectivity index (χ4n) is 4.39. The molecular weight excluding hydrogens is 362 g/mol. The van der Waals surface area contributed by atoms with Crippen LogP contribution in [0.4, 0.5) is 0 Å². The van der Waals surface area contributed by atoms with Gasteiger partial charge in [-0.15, -0.1) is 0 Å². The molecule has 1 heterocycles. The van der Waals surface area contributed by atoms with Crippen LogP contribution in [0.25, 0.3) is 0 Å². The first-order valence-corrected chi connectivity index (χ1v) is 10.3. The average Bonchev–Trinajstić information content (AvgIpc) is 3.45. The Labute approximate surface area is 172 Å². The second-order valence-electron chi connectivity index (χ2n) is 8.58. The molecule has 1 aliphatic carbocycles. The summed E-state index contributed by atoms with van der Waals surface area (Å²) < 4.78 is 0. The Morgan fingerprint density at radius 1 is 1.28 bits per heavy atom. The molecule has 0 aromatic heterocycles. The van der Waals surface area contributed by atoms with Gasteiger partial charge in [-0.1, -0.05) is 36.4 Å². The normalized spacial score (nSPS) is 19.5. The van der Waals surface area contributed by atoms with E-state index in [0.29, 0.717) is 29.5 Å². The Morgan fingerprint density at radius 2 is 2.07 bits per heavy atom. The minimum atomic E-state index is -0.725. The maximum Gasteiger partial charge on any atom is 0.255 e. The zero-order valence-corrected chi connectivity index (χ0v) is 17.1. The molecule has 5 heteroatoms. The predicted molar refractivity (Wildman–Crippen MR) is 112 cm³/mol. The number of carbonyl (C=O) groups is 2. The van der Waals surface area contributed by atoms with E-state index in [-0.39, 0.29) is 5.91 Å². The van der Waals surface area contributed by atoms with E-state index >= 15 is 0 Å². The fourth-order valence-corrected chi connectivity index (χ4v) is 4.39. The monoisotopic (exact) mass is 390 g/mol. The van der Waals surface area contributed by atoms with Crippen LogP contribution in [0, 0.1) is 6.07 Å². The summed E-state index contributed by atoms with van der Waals surface area (Å²) in [7, 11) is 4.23. The molecule has 1 fully saturated rings. The van der Waals surface area contributed by atoms with Crippen molar-refractivity contribution in [1.82, 2.24) is 9.80 Å². The molecular formula is C24H28N3O2. The van der Waals surface area contributed by atoms with Gasteiger partial charge in [-0.05, 0) is 75.0 Å². The number of fused-ring (bicyclic) bond motifs is 1. The van der Waals surface area contributed by atoms with Crippen LogP contribution in [0.15, 0.2) is 42.5 Å². The number of hydrogen-bond acceptors (Lipinski definition) is 3. The number of rotatable bonds is 8. The first-order valence-electron chi connectivity index (χ1n) is 10.3. The van der Waals surface area contributed by atoms with Crippen molar-refractivity contribution in [2.75, 3.05) is 27.2 Å². The number of primary amides is 1. The maximum absolute atomic E-state index is 12.8. The number of nitrogens with zero attached hydrogens (tertiary/aromatic N) is 2. The summed E-state index contributed by atoms with van der Waals surface area (Å²) >= 11 is 0. The van der Waals surface area contributed by atoms with E-state index in [1.54, 1.807) is 23.1 Å². The SMILES string of the molecule is CN(C)CCC1(c2cccc(CCN3C(=O)c4ccc[c]c4C3C(N)=O)c2)CC1. The maximum atomic E-state index is 12.8. The summed E-state index contributed by atoms with van der Waals surface area (Å²) in [5.41, 5.74) is 9.65. The van der Waals surface area contributed by atoms with Crippen LogP contribution in [0.2, 0.25) is 0 Å². The molecule has 0 bridgehead atoms. The molecule has 1 atom stereocenters. The van der Waals surface area contributed by atoms with Gasteiger partial charge in [0, 0.05) is 17.7 Å². The Kier molecular flexibility index (Phi) is 5.17. The highest BCUT2D eigenvalue weighted by Crippen LogP contribution is 2.51. The molecule has 2 aromatic carbocycles. The molecule has 4 rings (SSSR count). The second kappa shape index (κ2) is 7.64. The van der Waals surface area contributed by atoms with Crippen molar-refractivity contribution < 1.29 is 9.59 Å². The molecule has 0 saturated heterocycles. The fraction of sp³-hybridized carbons (Fsp3) is 0.417. The molecule has 2 amide bonds. The van der Waals surface area contributed by atoms with Crippen LogP contribution in [0.5, 0.6) is 0 Å². The summed E-state index contributed by atoms with van der Waals surface area (Å²) in [5, 5.41) is 0. The third kappa shape index (κ3) is 3.79. The van der Waals surface area contributed by atoms with Crippen molar-refractivity contribution >= 4 is 11.8 Å². The molecule has 1 saturated carbocycles. The number of amides is 2. The van der Waals surface area contributed by atoms with Crippen molar-refractivity contribution in [3.8, 4) is 0 Å². The van der Waals surface area contributed by atoms with E-state index in [4.69, 9.17) is 5.73 Å². The van der Waals surface area contributed by atoms with E-state index in [1.165, 1.54) is 30.4 Å². The van der Waals surface area contributed by atoms with E-state index in [1.807, 2.05) is 0 Å². The molecule has 2 N–H and O–H groups in total. The minimum absolute atomic E-state index is 0.138. The Bertz CT molecular complexity index is 933. The van der Waals surface area contributed by atoms with Crippen molar-refractivity contribution in [2.24, 2.45) is 5.73 Å². The van der Waals surface area contributed by atoms with Crippen LogP contribution < -0.4 is 5.73 Å². The van der Waals surface area contributed by atoms with Crippen LogP contribution >= 0.6 is 0 Å². The predicted octanol–water partition coefficient (Wildman–Crippen LogP) is 2.69. The van der Waals surface area contributed by atoms with E-state index in [9.17, 15) is 9.59 Å². The highest BCUT2D eigenvalue weighted by Gasteiger charge is 2.44. The number of benzene rings is 2. The van der Waals surface area contributed by atoms with E-state index in [2.05, 4.69) is 49.3 Å². The summed E-state index contributed by atoms with van der Waals surface area (Å²) in [5.74, 6) is -0.643. The molecule has 5 nitrogen and oxygen atoms in total. The van der Waals surface area contributed by atoms with Gasteiger partial charge in [0.05, 0.1) is 0 Å². The van der Waals surface area contributed by atoms with Crippen LogP contribution in [0.1, 0.15) is 52.4 Å². The second-order valence-corrected chi connectivity index (χ2v) is 8.58. The molecule has 2 aromatic rings. The topological polar surface area (TPSA) is 66.6 Å². The number of carbonyl (C=O) groups excluding carboxylic acids is 2. The van der Waals surface area contributed by atoms with Crippen molar-refractivity contribution in [3.63, 3.8) is 0 Å². The average molecular weight is 391 g/mol. The Hall–Kier alpha value is -2.66. The lowest BCUT2D eigenvalue weighted by atomic mass is 9.90. The van der Waals surface area contributed by atoms with E-state index < -0.39 is 11.9 Å². The van der Waals surface area contributed by atoms with Gasteiger partial charge in [-0.2, -0.15) is 0 Å². The van der Waals surface area contributed by atoms with Gasteiger partial charge < -0.3 is 15.5 Å². The highest BCUT2D eigenvalue weighted by atomic mass is 16.2. The standard InChI is InChI=1S/C24H28N3O2/c1-26(2)15-13-24(11-12-24)18-7-5-6-17(16-18)10-14-27-21(22(25)28)19-8-3-4-9-20(19)23(27)29/h3-7,9,16,21H,10-15H2,1-2H3,(H2,25,28). The van der Waals surface area contributed by atoms with Gasteiger partial charge >= 0.3 is 0 Å². The summed E-state index contributed by atoms with van der Waals surface area (Å²) in [6, 6.07) is 16.3. The number of nitrogens with two attached hydrogens (primary N) is 1. The van der Waals surface area contributed by atoms with E-state index in [0.717, 1.165) is 6.54 Å². The molecule has 0 spiro atoms. The lowest BCUT2D eigenvalue weighted by molar-refractivity contribution is -0.122. The molecule has 2 aliphatic rings. The zero-order valence-electron chi connectivity index (χ0n) is 17.1. The molecule has 29 heavy (non-hydrogen) atoms. The Balaban J connectivity index is 1.49. The minimum Gasteiger partial charge on any atom is -0.368 e. The van der Waals surface area contributed by atoms with Gasteiger partial charge in [-0.25, -0.2) is 0 Å². The van der Waals surface area contributed by atoms with Gasteiger partial charge in [0.2, 0.25) is 5.91 Å². The van der Waals surface area contributed by atoms with Crippen molar-refractivity contribution in [1.29, 1.82) is 0 Å². The molecule has 1 radical (unpaired) electrons. The van der Waals surface area contributed by atoms with Crippen LogP contribution in [0.3, 0.4) is 0 Å². The number of hydrogen-bond donors (Lipinski definition) is 1. The third-order valence-corrected chi connectivity index (χ3v) is 6.31. The van der Waals surface area contributed by atoms with Gasteiger partial charge in [-0.3, -0.25) is 9.59 Å². The highest BCUT2D eigenvalue weighted by molar-refractivity contribution is 6.04. The van der Waals surface area contributed by atoms with Crippen LogP contribution in [-0.2, 0) is 16.6 Å². The molecule has 1 aliphatic heterocycles. The van der Waals surface area contributed by atoms with Gasteiger partial charge in [0.1, 0.15) is 6.04 Å². The third-order valence-electron chi connectivity index (χ3n) is 6.31. The van der Waals surface area contributed by atoms with Crippen molar-refractivity contribution in [3.05, 3.63) is 70.8 Å². The first kappa shape index (κ1) is 19.6. The largest absolute Gasteiger partial charge is 0.368 e.